The molecule has 0 aromatic rings. The van der Waals surface area contributed by atoms with Gasteiger partial charge >= 0.3 is 0 Å². The molecule has 2 heterocycles. The molecule has 3 heteroatoms. The fourth-order valence-corrected chi connectivity index (χ4v) is 1.71. The van der Waals surface area contributed by atoms with Gasteiger partial charge in [0, 0.05) is 12.6 Å². The van der Waals surface area contributed by atoms with Gasteiger partial charge in [0.05, 0.1) is 25.6 Å². The quantitative estimate of drug-likeness (QED) is 0.583. The number of aliphatic imine (C=N–C) groups is 1. The Kier molecular flexibility index (Phi) is 2.30. The fraction of sp³-hybridized carbons (Fsp3) is 0.889. The molecule has 2 aliphatic rings. The van der Waals surface area contributed by atoms with Gasteiger partial charge in [-0.25, -0.2) is 0 Å². The molecule has 0 bridgehead atoms. The van der Waals surface area contributed by atoms with Gasteiger partial charge in [0.1, 0.15) is 0 Å². The third kappa shape index (κ3) is 1.78. The lowest BCUT2D eigenvalue weighted by molar-refractivity contribution is 0.280. The van der Waals surface area contributed by atoms with E-state index < -0.39 is 0 Å². The molecule has 0 spiro atoms. The smallest absolute Gasteiger partial charge is 0.0853 e. The second-order valence-corrected chi connectivity index (χ2v) is 3.51. The minimum absolute atomic E-state index is 0.545. The monoisotopic (exact) mass is 168 g/mol. The van der Waals surface area contributed by atoms with Crippen molar-refractivity contribution in [3.8, 4) is 0 Å². The van der Waals surface area contributed by atoms with Crippen LogP contribution in [0.5, 0.6) is 0 Å². The van der Waals surface area contributed by atoms with E-state index in [4.69, 9.17) is 4.74 Å². The van der Waals surface area contributed by atoms with Crippen LogP contribution in [0, 0.1) is 0 Å². The molecule has 0 aromatic carbocycles. The molecule has 0 N–H and O–H groups in total. The van der Waals surface area contributed by atoms with E-state index in [0.717, 1.165) is 19.7 Å². The molecule has 2 unspecified atom stereocenters. The number of nitrogens with zero attached hydrogens (tertiary/aromatic N) is 2. The first-order valence-corrected chi connectivity index (χ1v) is 4.77. The molecule has 12 heavy (non-hydrogen) atoms. The van der Waals surface area contributed by atoms with E-state index >= 15 is 0 Å². The Morgan fingerprint density at radius 3 is 3.08 bits per heavy atom. The lowest BCUT2D eigenvalue weighted by atomic mass is 10.1. The van der Waals surface area contributed by atoms with Gasteiger partial charge in [-0.05, 0) is 12.8 Å². The van der Waals surface area contributed by atoms with Crippen LogP contribution in [-0.4, -0.2) is 43.1 Å². The topological polar surface area (TPSA) is 28.1 Å². The first kappa shape index (κ1) is 8.05. The first-order chi connectivity index (χ1) is 5.90. The van der Waals surface area contributed by atoms with Crippen LogP contribution in [0.3, 0.4) is 0 Å². The van der Waals surface area contributed by atoms with E-state index in [1.165, 1.54) is 12.8 Å². The number of ether oxygens (including phenoxy) is 1. The maximum Gasteiger partial charge on any atom is 0.0853 e. The second-order valence-electron chi connectivity index (χ2n) is 3.51. The normalized spacial score (nSPS) is 29.4. The van der Waals surface area contributed by atoms with Crippen molar-refractivity contribution in [3.63, 3.8) is 0 Å². The Morgan fingerprint density at radius 2 is 2.58 bits per heavy atom. The molecule has 1 fully saturated rings. The highest BCUT2D eigenvalue weighted by molar-refractivity contribution is 5.57. The number of hydrogen-bond donors (Lipinski definition) is 0. The fourth-order valence-electron chi connectivity index (χ4n) is 1.71. The van der Waals surface area contributed by atoms with Crippen LogP contribution in [-0.2, 0) is 4.74 Å². The van der Waals surface area contributed by atoms with Crippen LogP contribution in [0.2, 0.25) is 0 Å². The zero-order valence-corrected chi connectivity index (χ0v) is 7.57. The highest BCUT2D eigenvalue weighted by Crippen LogP contribution is 2.20. The van der Waals surface area contributed by atoms with Crippen molar-refractivity contribution < 1.29 is 4.74 Å². The van der Waals surface area contributed by atoms with Crippen LogP contribution >= 0.6 is 0 Å². The van der Waals surface area contributed by atoms with Crippen molar-refractivity contribution in [3.05, 3.63) is 0 Å². The van der Waals surface area contributed by atoms with Gasteiger partial charge in [-0.1, -0.05) is 6.92 Å². The summed E-state index contributed by atoms with van der Waals surface area (Å²) in [7, 11) is 0. The van der Waals surface area contributed by atoms with E-state index in [9.17, 15) is 0 Å². The summed E-state index contributed by atoms with van der Waals surface area (Å²) in [6.45, 7) is 5.29. The van der Waals surface area contributed by atoms with E-state index in [1.807, 2.05) is 6.34 Å². The van der Waals surface area contributed by atoms with Gasteiger partial charge in [-0.15, -0.1) is 0 Å². The number of epoxide rings is 1. The summed E-state index contributed by atoms with van der Waals surface area (Å²) in [4.78, 5) is 6.57. The summed E-state index contributed by atoms with van der Waals surface area (Å²) in [5, 5.41) is 0. The van der Waals surface area contributed by atoms with Crippen LogP contribution in [0.4, 0.5) is 0 Å². The molecule has 0 aliphatic carbocycles. The Labute approximate surface area is 73.4 Å². The van der Waals surface area contributed by atoms with Crippen molar-refractivity contribution >= 4 is 6.34 Å². The van der Waals surface area contributed by atoms with E-state index in [-0.39, 0.29) is 0 Å². The molecule has 0 saturated carbocycles. The third-order valence-corrected chi connectivity index (χ3v) is 2.59. The number of rotatable bonds is 4. The second kappa shape index (κ2) is 3.44. The Hall–Kier alpha value is -0.570. The minimum atomic E-state index is 0.545. The first-order valence-electron chi connectivity index (χ1n) is 4.77. The Morgan fingerprint density at radius 1 is 1.75 bits per heavy atom. The van der Waals surface area contributed by atoms with Crippen molar-refractivity contribution in [1.29, 1.82) is 0 Å². The summed E-state index contributed by atoms with van der Waals surface area (Å²) >= 11 is 0. The highest BCUT2D eigenvalue weighted by Gasteiger charge is 2.28. The van der Waals surface area contributed by atoms with Crippen molar-refractivity contribution in [2.24, 2.45) is 4.99 Å². The lowest BCUT2D eigenvalue weighted by Gasteiger charge is -2.24. The SMILES string of the molecule is CCC(CC1CO1)N1C=NCC1. The van der Waals surface area contributed by atoms with E-state index in [1.54, 1.807) is 0 Å². The molecule has 2 aliphatic heterocycles. The zero-order chi connectivity index (χ0) is 8.39. The van der Waals surface area contributed by atoms with Gasteiger partial charge in [0.25, 0.3) is 0 Å². The zero-order valence-electron chi connectivity index (χ0n) is 7.57. The highest BCUT2D eigenvalue weighted by atomic mass is 16.6. The van der Waals surface area contributed by atoms with Gasteiger partial charge < -0.3 is 9.64 Å². The van der Waals surface area contributed by atoms with E-state index in [0.29, 0.717) is 12.1 Å². The van der Waals surface area contributed by atoms with Crippen LogP contribution < -0.4 is 0 Å². The standard InChI is InChI=1S/C9H16N2O/c1-2-8(5-9-6-12-9)11-4-3-10-7-11/h7-9H,2-6H2,1H3. The van der Waals surface area contributed by atoms with Crippen molar-refractivity contribution in [2.75, 3.05) is 19.7 Å². The summed E-state index contributed by atoms with van der Waals surface area (Å²) in [5.41, 5.74) is 0. The molecular weight excluding hydrogens is 152 g/mol. The minimum Gasteiger partial charge on any atom is -0.373 e. The van der Waals surface area contributed by atoms with Gasteiger partial charge in [0.15, 0.2) is 0 Å². The van der Waals surface area contributed by atoms with Crippen LogP contribution in [0.15, 0.2) is 4.99 Å². The summed E-state index contributed by atoms with van der Waals surface area (Å²) in [6.07, 6.45) is 4.93. The van der Waals surface area contributed by atoms with E-state index in [2.05, 4.69) is 16.8 Å². The predicted molar refractivity (Wildman–Crippen MR) is 48.5 cm³/mol. The average molecular weight is 168 g/mol. The molecule has 3 nitrogen and oxygen atoms in total. The summed E-state index contributed by atoms with van der Waals surface area (Å²) < 4.78 is 5.23. The summed E-state index contributed by atoms with van der Waals surface area (Å²) in [6, 6.07) is 0.656. The van der Waals surface area contributed by atoms with Gasteiger partial charge in [-0.3, -0.25) is 4.99 Å². The molecule has 0 radical (unpaired) electrons. The molecule has 2 atom stereocenters. The van der Waals surface area contributed by atoms with Gasteiger partial charge in [-0.2, -0.15) is 0 Å². The maximum atomic E-state index is 5.23. The molecular formula is C9H16N2O. The lowest BCUT2D eigenvalue weighted by Crippen LogP contribution is -2.33. The maximum absolute atomic E-state index is 5.23. The molecule has 0 amide bonds. The van der Waals surface area contributed by atoms with Crippen LogP contribution in [0.25, 0.3) is 0 Å². The molecule has 0 aromatic heterocycles. The molecule has 2 rings (SSSR count). The van der Waals surface area contributed by atoms with Crippen molar-refractivity contribution in [1.82, 2.24) is 4.90 Å². The van der Waals surface area contributed by atoms with Gasteiger partial charge in [0.2, 0.25) is 0 Å². The molecule has 68 valence electrons. The summed E-state index contributed by atoms with van der Waals surface area (Å²) in [5.74, 6) is 0. The Balaban J connectivity index is 1.83. The predicted octanol–water partition coefficient (Wildman–Crippen LogP) is 0.898. The third-order valence-electron chi connectivity index (χ3n) is 2.59. The Bertz CT molecular complexity index is 177. The largest absolute Gasteiger partial charge is 0.373 e. The average Bonchev–Trinajstić information content (AvgIpc) is 2.74. The van der Waals surface area contributed by atoms with Crippen LogP contribution in [0.1, 0.15) is 19.8 Å². The number of hydrogen-bond acceptors (Lipinski definition) is 3. The van der Waals surface area contributed by atoms with Crippen molar-refractivity contribution in [2.45, 2.75) is 31.9 Å². The molecule has 1 saturated heterocycles.